The van der Waals surface area contributed by atoms with Crippen molar-refractivity contribution in [2.45, 2.75) is 38.4 Å². The Balaban J connectivity index is 1.72. The van der Waals surface area contributed by atoms with Crippen molar-refractivity contribution in [1.29, 1.82) is 0 Å². The van der Waals surface area contributed by atoms with Crippen LogP contribution in [0.1, 0.15) is 37.5 Å². The second-order valence-corrected chi connectivity index (χ2v) is 7.19. The van der Waals surface area contributed by atoms with Crippen molar-refractivity contribution in [2.75, 3.05) is 13.6 Å². The van der Waals surface area contributed by atoms with Crippen molar-refractivity contribution in [1.82, 2.24) is 15.0 Å². The fourth-order valence-electron chi connectivity index (χ4n) is 3.50. The molecule has 1 aromatic carbocycles. The number of hydrogen-bond acceptors (Lipinski definition) is 4. The number of nitrogens with zero attached hydrogens (tertiary/aromatic N) is 3. The molecule has 0 bridgehead atoms. The Bertz CT molecular complexity index is 711. The van der Waals surface area contributed by atoms with Gasteiger partial charge in [0.05, 0.1) is 6.54 Å². The van der Waals surface area contributed by atoms with Crippen LogP contribution in [-0.2, 0) is 18.1 Å². The molecule has 3 rings (SSSR count). The van der Waals surface area contributed by atoms with E-state index in [1.807, 2.05) is 30.1 Å². The van der Waals surface area contributed by atoms with Crippen LogP contribution in [0.2, 0.25) is 0 Å². The Morgan fingerprint density at radius 1 is 1.21 bits per heavy atom. The van der Waals surface area contributed by atoms with Crippen LogP contribution in [0, 0.1) is 5.41 Å². The first-order chi connectivity index (χ1) is 11.1. The number of likely N-dealkylation sites (N-methyl/N-ethyl adjacent to an activating group) is 1. The Labute approximate surface area is 138 Å². The van der Waals surface area contributed by atoms with Crippen LogP contribution in [0.4, 0.5) is 13.2 Å². The standard InChI is InChI=1S/C17H20F3N3O/c1-15(2)10-16(15,12-7-5-4-6-8-12)11-23(3)9-13-21-14(22-24-13)17(18,19)20/h4-8H,9-11H2,1-3H3. The van der Waals surface area contributed by atoms with Crippen LogP contribution >= 0.6 is 0 Å². The van der Waals surface area contributed by atoms with Crippen LogP contribution in [0.15, 0.2) is 34.9 Å². The molecule has 1 fully saturated rings. The molecular weight excluding hydrogens is 319 g/mol. The monoisotopic (exact) mass is 339 g/mol. The number of halogens is 3. The molecule has 0 aliphatic heterocycles. The summed E-state index contributed by atoms with van der Waals surface area (Å²) in [6, 6.07) is 10.2. The Hall–Kier alpha value is -1.89. The molecule has 4 nitrogen and oxygen atoms in total. The second-order valence-electron chi connectivity index (χ2n) is 7.19. The lowest BCUT2D eigenvalue weighted by Gasteiger charge is -2.26. The number of alkyl halides is 3. The van der Waals surface area contributed by atoms with Crippen LogP contribution in [0.3, 0.4) is 0 Å². The summed E-state index contributed by atoms with van der Waals surface area (Å²) in [5, 5.41) is 3.00. The summed E-state index contributed by atoms with van der Waals surface area (Å²) < 4.78 is 42.4. The van der Waals surface area contributed by atoms with Crippen molar-refractivity contribution in [2.24, 2.45) is 5.41 Å². The van der Waals surface area contributed by atoms with Crippen molar-refractivity contribution >= 4 is 0 Å². The lowest BCUT2D eigenvalue weighted by atomic mass is 9.87. The number of hydrogen-bond donors (Lipinski definition) is 0. The lowest BCUT2D eigenvalue weighted by molar-refractivity contribution is -0.146. The van der Waals surface area contributed by atoms with E-state index in [1.54, 1.807) is 0 Å². The van der Waals surface area contributed by atoms with E-state index in [0.29, 0.717) is 6.54 Å². The molecule has 1 saturated carbocycles. The maximum atomic E-state index is 12.5. The first-order valence-corrected chi connectivity index (χ1v) is 7.78. The average molecular weight is 339 g/mol. The molecule has 0 spiro atoms. The third-order valence-electron chi connectivity index (χ3n) is 4.91. The summed E-state index contributed by atoms with van der Waals surface area (Å²) in [5.74, 6) is -1.25. The SMILES string of the molecule is CN(Cc1nc(C(F)(F)F)no1)CC1(c2ccccc2)CC1(C)C. The van der Waals surface area contributed by atoms with E-state index in [0.717, 1.165) is 6.42 Å². The van der Waals surface area contributed by atoms with Crippen molar-refractivity contribution in [3.63, 3.8) is 0 Å². The summed E-state index contributed by atoms with van der Waals surface area (Å²) in [4.78, 5) is 5.38. The minimum Gasteiger partial charge on any atom is -0.338 e. The van der Waals surface area contributed by atoms with Crippen LogP contribution in [0.25, 0.3) is 0 Å². The summed E-state index contributed by atoms with van der Waals surface area (Å²) in [6.45, 7) is 5.33. The Morgan fingerprint density at radius 3 is 2.33 bits per heavy atom. The van der Waals surface area contributed by atoms with Gasteiger partial charge in [-0.3, -0.25) is 4.90 Å². The lowest BCUT2D eigenvalue weighted by Crippen LogP contribution is -2.32. The third-order valence-corrected chi connectivity index (χ3v) is 4.91. The highest BCUT2D eigenvalue weighted by Crippen LogP contribution is 2.64. The second kappa shape index (κ2) is 5.58. The van der Waals surface area contributed by atoms with E-state index in [-0.39, 0.29) is 23.3 Å². The summed E-state index contributed by atoms with van der Waals surface area (Å²) >= 11 is 0. The van der Waals surface area contributed by atoms with Gasteiger partial charge in [0.2, 0.25) is 5.89 Å². The third kappa shape index (κ3) is 3.05. The molecule has 1 unspecified atom stereocenters. The van der Waals surface area contributed by atoms with Gasteiger partial charge in [-0.25, -0.2) is 0 Å². The fraction of sp³-hybridized carbons (Fsp3) is 0.529. The maximum absolute atomic E-state index is 12.5. The van der Waals surface area contributed by atoms with Gasteiger partial charge in [0.25, 0.3) is 5.82 Å². The maximum Gasteiger partial charge on any atom is 0.455 e. The van der Waals surface area contributed by atoms with E-state index in [9.17, 15) is 13.2 Å². The van der Waals surface area contributed by atoms with E-state index in [4.69, 9.17) is 4.52 Å². The smallest absolute Gasteiger partial charge is 0.338 e. The summed E-state index contributed by atoms with van der Waals surface area (Å²) in [7, 11) is 1.86. The van der Waals surface area contributed by atoms with Gasteiger partial charge in [-0.15, -0.1) is 0 Å². The molecule has 1 atom stereocenters. The minimum absolute atomic E-state index is 0.00408. The zero-order valence-electron chi connectivity index (χ0n) is 13.9. The van der Waals surface area contributed by atoms with Crippen LogP contribution < -0.4 is 0 Å². The predicted octanol–water partition coefficient (Wildman–Crippen LogP) is 3.89. The van der Waals surface area contributed by atoms with Crippen LogP contribution in [-0.4, -0.2) is 28.6 Å². The first-order valence-electron chi connectivity index (χ1n) is 7.78. The van der Waals surface area contributed by atoms with Crippen LogP contribution in [0.5, 0.6) is 0 Å². The first kappa shape index (κ1) is 17.0. The van der Waals surface area contributed by atoms with Gasteiger partial charge in [-0.1, -0.05) is 49.3 Å². The van der Waals surface area contributed by atoms with E-state index >= 15 is 0 Å². The van der Waals surface area contributed by atoms with E-state index in [2.05, 4.69) is 36.1 Å². The fourth-order valence-corrected chi connectivity index (χ4v) is 3.50. The van der Waals surface area contributed by atoms with Gasteiger partial charge in [-0.05, 0) is 24.4 Å². The molecule has 1 aliphatic carbocycles. The molecule has 24 heavy (non-hydrogen) atoms. The van der Waals surface area contributed by atoms with Gasteiger partial charge < -0.3 is 4.52 Å². The van der Waals surface area contributed by atoms with Gasteiger partial charge in [0.15, 0.2) is 0 Å². The Morgan fingerprint density at radius 2 is 1.83 bits per heavy atom. The zero-order chi connectivity index (χ0) is 17.6. The quantitative estimate of drug-likeness (QED) is 0.829. The minimum atomic E-state index is -4.58. The molecule has 0 amide bonds. The van der Waals surface area contributed by atoms with Gasteiger partial charge >= 0.3 is 6.18 Å². The van der Waals surface area contributed by atoms with Crippen molar-refractivity contribution in [3.8, 4) is 0 Å². The zero-order valence-corrected chi connectivity index (χ0v) is 13.9. The molecule has 0 radical (unpaired) electrons. The summed E-state index contributed by atoms with van der Waals surface area (Å²) in [5.41, 5.74) is 1.40. The highest BCUT2D eigenvalue weighted by molar-refractivity contribution is 5.37. The Kier molecular flexibility index (Phi) is 3.94. The average Bonchev–Trinajstić information content (AvgIpc) is 2.85. The molecule has 1 aliphatic rings. The molecule has 130 valence electrons. The van der Waals surface area contributed by atoms with Gasteiger partial charge in [-0.2, -0.15) is 18.2 Å². The van der Waals surface area contributed by atoms with E-state index < -0.39 is 12.0 Å². The molecule has 0 saturated heterocycles. The topological polar surface area (TPSA) is 42.2 Å². The molecule has 2 aromatic rings. The largest absolute Gasteiger partial charge is 0.455 e. The van der Waals surface area contributed by atoms with Crippen molar-refractivity contribution < 1.29 is 17.7 Å². The van der Waals surface area contributed by atoms with Gasteiger partial charge in [0.1, 0.15) is 0 Å². The highest BCUT2D eigenvalue weighted by atomic mass is 19.4. The molecular formula is C17H20F3N3O. The highest BCUT2D eigenvalue weighted by Gasteiger charge is 2.61. The molecule has 0 N–H and O–H groups in total. The number of benzene rings is 1. The number of aromatic nitrogens is 2. The molecule has 1 aromatic heterocycles. The van der Waals surface area contributed by atoms with Gasteiger partial charge in [0, 0.05) is 12.0 Å². The normalized spacial score (nSPS) is 22.8. The molecule has 1 heterocycles. The molecule has 7 heteroatoms. The predicted molar refractivity (Wildman–Crippen MR) is 82.2 cm³/mol. The van der Waals surface area contributed by atoms with Crippen molar-refractivity contribution in [3.05, 3.63) is 47.6 Å². The summed E-state index contributed by atoms with van der Waals surface area (Å²) in [6.07, 6.45) is -3.55. The number of rotatable bonds is 5. The van der Waals surface area contributed by atoms with E-state index in [1.165, 1.54) is 5.56 Å².